The standard InChI is InChI=1S/C17H22F3NO2/c1-14(2,3)9-7-10(15(4,5)6)12-11(8-9)16(23,13(22)21-12)17(18,19)20/h7-8,23H,1-6H3,(H,21,22)/t16-/m1/s1. The van der Waals surface area contributed by atoms with Crippen LogP contribution in [-0.2, 0) is 21.2 Å². The van der Waals surface area contributed by atoms with Gasteiger partial charge in [-0.15, -0.1) is 0 Å². The van der Waals surface area contributed by atoms with E-state index in [-0.39, 0.29) is 5.69 Å². The number of aliphatic hydroxyl groups is 1. The van der Waals surface area contributed by atoms with Gasteiger partial charge >= 0.3 is 6.18 Å². The van der Waals surface area contributed by atoms with Crippen LogP contribution < -0.4 is 5.32 Å². The zero-order valence-corrected chi connectivity index (χ0v) is 14.1. The highest BCUT2D eigenvalue weighted by Gasteiger charge is 2.65. The van der Waals surface area contributed by atoms with Gasteiger partial charge in [-0.25, -0.2) is 0 Å². The largest absolute Gasteiger partial charge is 0.430 e. The number of hydrogen-bond acceptors (Lipinski definition) is 2. The van der Waals surface area contributed by atoms with Crippen LogP contribution in [0.3, 0.4) is 0 Å². The minimum Gasteiger partial charge on any atom is -0.368 e. The molecule has 1 aliphatic heterocycles. The van der Waals surface area contributed by atoms with E-state index in [0.29, 0.717) is 11.1 Å². The number of rotatable bonds is 0. The molecule has 3 nitrogen and oxygen atoms in total. The number of hydrogen-bond donors (Lipinski definition) is 2. The lowest BCUT2D eigenvalue weighted by atomic mass is 9.77. The molecule has 1 atom stereocenters. The lowest BCUT2D eigenvalue weighted by Gasteiger charge is -2.29. The maximum absolute atomic E-state index is 13.4. The van der Waals surface area contributed by atoms with Crippen LogP contribution in [0.25, 0.3) is 0 Å². The van der Waals surface area contributed by atoms with E-state index in [1.807, 2.05) is 41.5 Å². The van der Waals surface area contributed by atoms with E-state index in [9.17, 15) is 23.1 Å². The SMILES string of the molecule is CC(C)(C)c1cc(C(C)(C)C)c2c(c1)[C@](O)(C(F)(F)F)C(=O)N2. The zero-order chi connectivity index (χ0) is 18.0. The number of carbonyl (C=O) groups excluding carboxylic acids is 1. The van der Waals surface area contributed by atoms with Crippen LogP contribution in [0, 0.1) is 0 Å². The van der Waals surface area contributed by atoms with Gasteiger partial charge in [0.2, 0.25) is 0 Å². The van der Waals surface area contributed by atoms with Crippen LogP contribution in [0.1, 0.15) is 58.2 Å². The van der Waals surface area contributed by atoms with E-state index in [1.54, 1.807) is 6.07 Å². The Hall–Kier alpha value is -1.56. The summed E-state index contributed by atoms with van der Waals surface area (Å²) in [5, 5.41) is 12.4. The Morgan fingerprint density at radius 3 is 1.91 bits per heavy atom. The van der Waals surface area contributed by atoms with Crippen LogP contribution in [0.2, 0.25) is 0 Å². The highest BCUT2D eigenvalue weighted by Crippen LogP contribution is 2.50. The first-order chi connectivity index (χ1) is 10.1. The maximum Gasteiger partial charge on any atom is 0.430 e. The van der Waals surface area contributed by atoms with Crippen molar-refractivity contribution in [2.45, 2.75) is 64.1 Å². The van der Waals surface area contributed by atoms with Gasteiger partial charge in [0.25, 0.3) is 11.5 Å². The zero-order valence-electron chi connectivity index (χ0n) is 14.1. The number of fused-ring (bicyclic) bond motifs is 1. The topological polar surface area (TPSA) is 49.3 Å². The predicted octanol–water partition coefficient (Wildman–Crippen LogP) is 3.98. The van der Waals surface area contributed by atoms with Gasteiger partial charge in [-0.2, -0.15) is 13.2 Å². The van der Waals surface area contributed by atoms with E-state index in [4.69, 9.17) is 0 Å². The number of halogens is 3. The summed E-state index contributed by atoms with van der Waals surface area (Å²) in [7, 11) is 0. The molecule has 1 heterocycles. The molecular formula is C17H22F3NO2. The molecule has 2 rings (SSSR count). The summed E-state index contributed by atoms with van der Waals surface area (Å²) in [5.74, 6) is -1.45. The molecule has 23 heavy (non-hydrogen) atoms. The molecule has 1 aromatic carbocycles. The fourth-order valence-electron chi connectivity index (χ4n) is 2.69. The lowest BCUT2D eigenvalue weighted by Crippen LogP contribution is -2.47. The van der Waals surface area contributed by atoms with E-state index in [0.717, 1.165) is 0 Å². The van der Waals surface area contributed by atoms with E-state index < -0.39 is 34.1 Å². The maximum atomic E-state index is 13.4. The molecule has 0 saturated heterocycles. The minimum atomic E-state index is -5.09. The molecule has 0 saturated carbocycles. The monoisotopic (exact) mass is 329 g/mol. The minimum absolute atomic E-state index is 0.0651. The van der Waals surface area contributed by atoms with Crippen molar-refractivity contribution in [3.8, 4) is 0 Å². The molecule has 6 heteroatoms. The molecule has 0 bridgehead atoms. The van der Waals surface area contributed by atoms with Crippen molar-refractivity contribution in [1.82, 2.24) is 0 Å². The first-order valence-electron chi connectivity index (χ1n) is 7.40. The van der Waals surface area contributed by atoms with Crippen LogP contribution in [0.5, 0.6) is 0 Å². The summed E-state index contributed by atoms with van der Waals surface area (Å²) < 4.78 is 40.3. The van der Waals surface area contributed by atoms with E-state index in [2.05, 4.69) is 5.32 Å². The van der Waals surface area contributed by atoms with E-state index in [1.165, 1.54) is 6.07 Å². The molecule has 0 aromatic heterocycles. The molecule has 1 aliphatic rings. The molecule has 0 radical (unpaired) electrons. The van der Waals surface area contributed by atoms with Crippen molar-refractivity contribution >= 4 is 11.6 Å². The fourth-order valence-corrected chi connectivity index (χ4v) is 2.69. The fraction of sp³-hybridized carbons (Fsp3) is 0.588. The van der Waals surface area contributed by atoms with Gasteiger partial charge in [0, 0.05) is 5.56 Å². The number of anilines is 1. The van der Waals surface area contributed by atoms with Gasteiger partial charge in [0.05, 0.1) is 5.69 Å². The third kappa shape index (κ3) is 2.63. The van der Waals surface area contributed by atoms with Gasteiger partial charge in [0.15, 0.2) is 0 Å². The smallest absolute Gasteiger partial charge is 0.368 e. The van der Waals surface area contributed by atoms with Crippen molar-refractivity contribution < 1.29 is 23.1 Å². The second-order valence-corrected chi connectivity index (χ2v) is 8.11. The quantitative estimate of drug-likeness (QED) is 0.756. The number of nitrogens with one attached hydrogen (secondary N) is 1. The Morgan fingerprint density at radius 2 is 1.52 bits per heavy atom. The molecular weight excluding hydrogens is 307 g/mol. The summed E-state index contributed by atoms with van der Waals surface area (Å²) in [5.41, 5.74) is -3.55. The summed E-state index contributed by atoms with van der Waals surface area (Å²) in [6.07, 6.45) is -5.09. The lowest BCUT2D eigenvalue weighted by molar-refractivity contribution is -0.252. The summed E-state index contributed by atoms with van der Waals surface area (Å²) in [6, 6.07) is 3.09. The van der Waals surface area contributed by atoms with Crippen molar-refractivity contribution in [1.29, 1.82) is 0 Å². The molecule has 0 fully saturated rings. The highest BCUT2D eigenvalue weighted by molar-refractivity contribution is 6.06. The molecule has 2 N–H and O–H groups in total. The Morgan fingerprint density at radius 1 is 1.00 bits per heavy atom. The van der Waals surface area contributed by atoms with Crippen molar-refractivity contribution in [3.63, 3.8) is 0 Å². The molecule has 0 unspecified atom stereocenters. The normalized spacial score (nSPS) is 22.1. The third-order valence-electron chi connectivity index (χ3n) is 4.18. The van der Waals surface area contributed by atoms with Crippen LogP contribution in [-0.4, -0.2) is 17.2 Å². The number of benzene rings is 1. The first kappa shape index (κ1) is 17.8. The van der Waals surface area contributed by atoms with E-state index >= 15 is 0 Å². The predicted molar refractivity (Wildman–Crippen MR) is 82.4 cm³/mol. The van der Waals surface area contributed by atoms with Crippen molar-refractivity contribution in [3.05, 3.63) is 28.8 Å². The molecule has 128 valence electrons. The molecule has 1 aromatic rings. The first-order valence-corrected chi connectivity index (χ1v) is 7.40. The molecule has 0 spiro atoms. The van der Waals surface area contributed by atoms with Gasteiger partial charge in [0.1, 0.15) is 0 Å². The van der Waals surface area contributed by atoms with Crippen LogP contribution in [0.4, 0.5) is 18.9 Å². The number of amides is 1. The number of alkyl halides is 3. The van der Waals surface area contributed by atoms with Gasteiger partial charge in [-0.1, -0.05) is 47.6 Å². The summed E-state index contributed by atoms with van der Waals surface area (Å²) in [6.45, 7) is 11.2. The van der Waals surface area contributed by atoms with Gasteiger partial charge in [-0.05, 0) is 28.0 Å². The summed E-state index contributed by atoms with van der Waals surface area (Å²) in [4.78, 5) is 12.0. The van der Waals surface area contributed by atoms with Crippen LogP contribution >= 0.6 is 0 Å². The second kappa shape index (κ2) is 4.72. The molecule has 1 amide bonds. The molecule has 0 aliphatic carbocycles. The van der Waals surface area contributed by atoms with Crippen molar-refractivity contribution in [2.75, 3.05) is 5.32 Å². The van der Waals surface area contributed by atoms with Crippen LogP contribution in [0.15, 0.2) is 12.1 Å². The second-order valence-electron chi connectivity index (χ2n) is 8.11. The average molecular weight is 329 g/mol. The Bertz CT molecular complexity index is 666. The van der Waals surface area contributed by atoms with Gasteiger partial charge in [-0.3, -0.25) is 4.79 Å². The average Bonchev–Trinajstić information content (AvgIpc) is 2.59. The third-order valence-corrected chi connectivity index (χ3v) is 4.18. The Labute approximate surface area is 133 Å². The van der Waals surface area contributed by atoms with Gasteiger partial charge < -0.3 is 10.4 Å². The highest BCUT2D eigenvalue weighted by atomic mass is 19.4. The Kier molecular flexibility index (Phi) is 3.65. The van der Waals surface area contributed by atoms with Crippen molar-refractivity contribution in [2.24, 2.45) is 0 Å². The number of carbonyl (C=O) groups is 1. The Balaban J connectivity index is 2.88. The summed E-state index contributed by atoms with van der Waals surface area (Å²) >= 11 is 0.